The summed E-state index contributed by atoms with van der Waals surface area (Å²) >= 11 is 0. The molecule has 7 nitrogen and oxygen atoms in total. The first-order chi connectivity index (χ1) is 12.5. The van der Waals surface area contributed by atoms with Crippen molar-refractivity contribution in [1.29, 1.82) is 5.26 Å². The van der Waals surface area contributed by atoms with Crippen molar-refractivity contribution in [3.8, 4) is 6.07 Å². The first-order valence-corrected chi connectivity index (χ1v) is 8.15. The van der Waals surface area contributed by atoms with Crippen LogP contribution >= 0.6 is 0 Å². The van der Waals surface area contributed by atoms with Crippen LogP contribution in [-0.2, 0) is 4.79 Å². The first kappa shape index (κ1) is 18.9. The maximum Gasteiger partial charge on any atom is 0.291 e. The third-order valence-corrected chi connectivity index (χ3v) is 3.72. The summed E-state index contributed by atoms with van der Waals surface area (Å²) in [7, 11) is 0. The Kier molecular flexibility index (Phi) is 6.28. The number of aryl methyl sites for hydroxylation is 1. The molecule has 0 bridgehead atoms. The minimum atomic E-state index is -1.43. The fourth-order valence-corrected chi connectivity index (χ4v) is 2.25. The van der Waals surface area contributed by atoms with Gasteiger partial charge in [0.05, 0.1) is 12.3 Å². The van der Waals surface area contributed by atoms with Gasteiger partial charge >= 0.3 is 0 Å². The standard InChI is InChI=1S/C19H19N3O4/c1-3-8-21-18(24)14(11-20)17(23)13-7-6-12(2)15(10-13)22-19(25)16-5-4-9-26-16/h4-7,9-10,14H,3,8H2,1-2H3,(H,21,24)(H,22,25). The van der Waals surface area contributed by atoms with E-state index in [1.165, 1.54) is 24.5 Å². The second-order valence-electron chi connectivity index (χ2n) is 5.68. The molecule has 0 aliphatic carbocycles. The van der Waals surface area contributed by atoms with Gasteiger partial charge in [0.2, 0.25) is 5.91 Å². The third-order valence-electron chi connectivity index (χ3n) is 3.72. The molecule has 134 valence electrons. The number of Topliss-reactive ketones (excluding diaryl/α,β-unsaturated/α-hetero) is 1. The van der Waals surface area contributed by atoms with Crippen LogP contribution in [0.25, 0.3) is 0 Å². The second-order valence-corrected chi connectivity index (χ2v) is 5.68. The van der Waals surface area contributed by atoms with Crippen molar-refractivity contribution in [3.63, 3.8) is 0 Å². The molecule has 1 aromatic carbocycles. The van der Waals surface area contributed by atoms with Crippen LogP contribution in [0.15, 0.2) is 41.0 Å². The number of rotatable bonds is 7. The predicted octanol–water partition coefficient (Wildman–Crippen LogP) is 2.69. The van der Waals surface area contributed by atoms with Gasteiger partial charge in [0.25, 0.3) is 5.91 Å². The number of amides is 2. The summed E-state index contributed by atoms with van der Waals surface area (Å²) < 4.78 is 5.03. The third kappa shape index (κ3) is 4.36. The van der Waals surface area contributed by atoms with Crippen molar-refractivity contribution in [2.24, 2.45) is 5.92 Å². The molecule has 1 heterocycles. The highest BCUT2D eigenvalue weighted by molar-refractivity contribution is 6.13. The smallest absolute Gasteiger partial charge is 0.291 e. The number of furan rings is 1. The van der Waals surface area contributed by atoms with Gasteiger partial charge in [-0.25, -0.2) is 0 Å². The Morgan fingerprint density at radius 3 is 2.65 bits per heavy atom. The van der Waals surface area contributed by atoms with Crippen LogP contribution < -0.4 is 10.6 Å². The van der Waals surface area contributed by atoms with Crippen molar-refractivity contribution >= 4 is 23.3 Å². The number of anilines is 1. The average molecular weight is 353 g/mol. The lowest BCUT2D eigenvalue weighted by Gasteiger charge is -2.12. The SMILES string of the molecule is CCCNC(=O)C(C#N)C(=O)c1ccc(C)c(NC(=O)c2ccco2)c1. The summed E-state index contributed by atoms with van der Waals surface area (Å²) in [5.41, 5.74) is 1.30. The highest BCUT2D eigenvalue weighted by atomic mass is 16.3. The van der Waals surface area contributed by atoms with Gasteiger partial charge in [0, 0.05) is 17.8 Å². The molecule has 2 N–H and O–H groups in total. The lowest BCUT2D eigenvalue weighted by atomic mass is 9.96. The van der Waals surface area contributed by atoms with Crippen molar-refractivity contribution in [1.82, 2.24) is 5.32 Å². The molecule has 0 aliphatic rings. The van der Waals surface area contributed by atoms with Crippen molar-refractivity contribution < 1.29 is 18.8 Å². The van der Waals surface area contributed by atoms with Gasteiger partial charge in [0.1, 0.15) is 0 Å². The number of nitrogens with one attached hydrogen (secondary N) is 2. The second kappa shape index (κ2) is 8.62. The molecule has 0 aliphatic heterocycles. The Balaban J connectivity index is 2.22. The lowest BCUT2D eigenvalue weighted by Crippen LogP contribution is -2.35. The van der Waals surface area contributed by atoms with Crippen LogP contribution in [0, 0.1) is 24.2 Å². The number of ketones is 1. The molecule has 1 unspecified atom stereocenters. The Hall–Kier alpha value is -3.40. The zero-order valence-electron chi connectivity index (χ0n) is 14.5. The molecule has 0 saturated carbocycles. The van der Waals surface area contributed by atoms with Gasteiger partial charge in [0.15, 0.2) is 17.5 Å². The topological polar surface area (TPSA) is 112 Å². The minimum absolute atomic E-state index is 0.134. The van der Waals surface area contributed by atoms with Gasteiger partial charge in [-0.15, -0.1) is 0 Å². The number of hydrogen-bond acceptors (Lipinski definition) is 5. The van der Waals surface area contributed by atoms with Crippen LogP contribution in [0.5, 0.6) is 0 Å². The van der Waals surface area contributed by atoms with Gasteiger partial charge in [-0.1, -0.05) is 19.1 Å². The Morgan fingerprint density at radius 1 is 1.27 bits per heavy atom. The summed E-state index contributed by atoms with van der Waals surface area (Å²) in [4.78, 5) is 36.7. The molecule has 7 heteroatoms. The fraction of sp³-hybridized carbons (Fsp3) is 0.263. The summed E-state index contributed by atoms with van der Waals surface area (Å²) in [5.74, 6) is -3.00. The van der Waals surface area contributed by atoms with Crippen LogP contribution in [0.1, 0.15) is 39.8 Å². The molecule has 0 fully saturated rings. The van der Waals surface area contributed by atoms with E-state index in [1.54, 1.807) is 25.1 Å². The maximum absolute atomic E-state index is 12.5. The van der Waals surface area contributed by atoms with E-state index in [-0.39, 0.29) is 11.3 Å². The summed E-state index contributed by atoms with van der Waals surface area (Å²) in [6, 6.07) is 9.47. The first-order valence-electron chi connectivity index (χ1n) is 8.15. The van der Waals surface area contributed by atoms with E-state index in [4.69, 9.17) is 4.42 Å². The van der Waals surface area contributed by atoms with Crippen molar-refractivity contribution in [3.05, 3.63) is 53.5 Å². The van der Waals surface area contributed by atoms with Gasteiger partial charge < -0.3 is 15.1 Å². The van der Waals surface area contributed by atoms with Crippen molar-refractivity contribution in [2.45, 2.75) is 20.3 Å². The van der Waals surface area contributed by atoms with Gasteiger partial charge in [-0.2, -0.15) is 5.26 Å². The van der Waals surface area contributed by atoms with E-state index >= 15 is 0 Å². The zero-order chi connectivity index (χ0) is 19.1. The number of benzene rings is 1. The lowest BCUT2D eigenvalue weighted by molar-refractivity contribution is -0.122. The minimum Gasteiger partial charge on any atom is -0.459 e. The zero-order valence-corrected chi connectivity index (χ0v) is 14.5. The van der Waals surface area contributed by atoms with Crippen LogP contribution in [-0.4, -0.2) is 24.1 Å². The molecule has 1 aromatic heterocycles. The van der Waals surface area contributed by atoms with E-state index in [9.17, 15) is 19.6 Å². The number of carbonyl (C=O) groups is 3. The summed E-state index contributed by atoms with van der Waals surface area (Å²) in [6.45, 7) is 4.03. The van der Waals surface area contributed by atoms with Crippen LogP contribution in [0.4, 0.5) is 5.69 Å². The van der Waals surface area contributed by atoms with E-state index in [1.807, 2.05) is 6.92 Å². The van der Waals surface area contributed by atoms with Gasteiger partial charge in [-0.05, 0) is 37.1 Å². The Bertz CT molecular complexity index is 850. The van der Waals surface area contributed by atoms with E-state index in [2.05, 4.69) is 10.6 Å². The molecule has 0 radical (unpaired) electrons. The summed E-state index contributed by atoms with van der Waals surface area (Å²) in [6.07, 6.45) is 2.08. The van der Waals surface area contributed by atoms with Crippen LogP contribution in [0.2, 0.25) is 0 Å². The summed E-state index contributed by atoms with van der Waals surface area (Å²) in [5, 5.41) is 14.4. The monoisotopic (exact) mass is 353 g/mol. The number of hydrogen-bond donors (Lipinski definition) is 2. The highest BCUT2D eigenvalue weighted by Crippen LogP contribution is 2.20. The molecular formula is C19H19N3O4. The quantitative estimate of drug-likeness (QED) is 0.587. The number of nitrogens with zero attached hydrogens (tertiary/aromatic N) is 1. The molecule has 2 aromatic rings. The molecule has 26 heavy (non-hydrogen) atoms. The molecular weight excluding hydrogens is 334 g/mol. The largest absolute Gasteiger partial charge is 0.459 e. The average Bonchev–Trinajstić information content (AvgIpc) is 3.17. The molecule has 1 atom stereocenters. The van der Waals surface area contributed by atoms with E-state index in [0.29, 0.717) is 18.7 Å². The Labute approximate surface area is 151 Å². The fourth-order valence-electron chi connectivity index (χ4n) is 2.25. The maximum atomic E-state index is 12.5. The number of carbonyl (C=O) groups excluding carboxylic acids is 3. The van der Waals surface area contributed by atoms with Gasteiger partial charge in [-0.3, -0.25) is 14.4 Å². The molecule has 2 amide bonds. The molecule has 0 saturated heterocycles. The van der Waals surface area contributed by atoms with E-state index < -0.39 is 23.5 Å². The Morgan fingerprint density at radius 2 is 2.04 bits per heavy atom. The number of nitriles is 1. The molecule has 0 spiro atoms. The van der Waals surface area contributed by atoms with Crippen molar-refractivity contribution in [2.75, 3.05) is 11.9 Å². The van der Waals surface area contributed by atoms with E-state index in [0.717, 1.165) is 5.56 Å². The predicted molar refractivity (Wildman–Crippen MR) is 94.6 cm³/mol. The van der Waals surface area contributed by atoms with Crippen LogP contribution in [0.3, 0.4) is 0 Å². The normalized spacial score (nSPS) is 11.3. The highest BCUT2D eigenvalue weighted by Gasteiger charge is 2.27. The molecule has 2 rings (SSSR count).